The van der Waals surface area contributed by atoms with Crippen LogP contribution in [0.2, 0.25) is 0 Å². The highest BCUT2D eigenvalue weighted by molar-refractivity contribution is 5.92. The number of piperidine rings is 1. The van der Waals surface area contributed by atoms with Crippen molar-refractivity contribution in [2.45, 2.75) is 30.9 Å². The molecule has 1 atom stereocenters. The number of nitrogens with one attached hydrogen (secondary N) is 2. The van der Waals surface area contributed by atoms with Crippen LogP contribution in [0.1, 0.15) is 29.8 Å². The summed E-state index contributed by atoms with van der Waals surface area (Å²) in [5.41, 5.74) is 0.446. The van der Waals surface area contributed by atoms with Crippen LogP contribution in [0.4, 0.5) is 0 Å². The first kappa shape index (κ1) is 12.6. The molecule has 2 saturated heterocycles. The van der Waals surface area contributed by atoms with Crippen molar-refractivity contribution in [2.24, 2.45) is 0 Å². The van der Waals surface area contributed by atoms with E-state index >= 15 is 0 Å². The fraction of sp³-hybridized carbons (Fsp3) is 0.571. The SMILES string of the molecule is O=C(NC1COC2(CCNCC2)C1)c1ccccn1. The van der Waals surface area contributed by atoms with E-state index in [1.165, 1.54) is 0 Å². The molecular weight excluding hydrogens is 242 g/mol. The zero-order valence-electron chi connectivity index (χ0n) is 10.9. The van der Waals surface area contributed by atoms with Crippen LogP contribution in [0.15, 0.2) is 24.4 Å². The predicted molar refractivity (Wildman–Crippen MR) is 70.9 cm³/mol. The molecule has 1 aromatic heterocycles. The van der Waals surface area contributed by atoms with Gasteiger partial charge in [-0.1, -0.05) is 6.07 Å². The summed E-state index contributed by atoms with van der Waals surface area (Å²) < 4.78 is 5.96. The Morgan fingerprint density at radius 3 is 3.00 bits per heavy atom. The van der Waals surface area contributed by atoms with E-state index in [4.69, 9.17) is 4.74 Å². The van der Waals surface area contributed by atoms with Gasteiger partial charge in [0.15, 0.2) is 0 Å². The highest BCUT2D eigenvalue weighted by Crippen LogP contribution is 2.33. The zero-order chi connectivity index (χ0) is 13.1. The number of amides is 1. The average molecular weight is 261 g/mol. The number of hydrogen-bond donors (Lipinski definition) is 2. The molecule has 3 heterocycles. The molecule has 1 amide bonds. The second-order valence-electron chi connectivity index (χ2n) is 5.33. The molecular formula is C14H19N3O2. The Morgan fingerprint density at radius 1 is 1.42 bits per heavy atom. The molecule has 0 bridgehead atoms. The zero-order valence-corrected chi connectivity index (χ0v) is 10.9. The van der Waals surface area contributed by atoms with Gasteiger partial charge in [-0.05, 0) is 44.5 Å². The van der Waals surface area contributed by atoms with Crippen LogP contribution < -0.4 is 10.6 Å². The number of carbonyl (C=O) groups excluding carboxylic acids is 1. The highest BCUT2D eigenvalue weighted by Gasteiger charge is 2.41. The fourth-order valence-electron chi connectivity index (χ4n) is 2.92. The van der Waals surface area contributed by atoms with Crippen molar-refractivity contribution in [1.82, 2.24) is 15.6 Å². The molecule has 1 spiro atoms. The van der Waals surface area contributed by atoms with Crippen LogP contribution in [0, 0.1) is 0 Å². The molecule has 2 aliphatic heterocycles. The molecule has 5 nitrogen and oxygen atoms in total. The predicted octanol–water partition coefficient (Wildman–Crippen LogP) is 0.722. The molecule has 2 N–H and O–H groups in total. The molecule has 102 valence electrons. The topological polar surface area (TPSA) is 63.2 Å². The van der Waals surface area contributed by atoms with Gasteiger partial charge >= 0.3 is 0 Å². The van der Waals surface area contributed by atoms with Gasteiger partial charge in [0.05, 0.1) is 18.2 Å². The van der Waals surface area contributed by atoms with Gasteiger partial charge in [0.2, 0.25) is 0 Å². The van der Waals surface area contributed by atoms with Crippen molar-refractivity contribution < 1.29 is 9.53 Å². The average Bonchev–Trinajstić information content (AvgIpc) is 2.83. The van der Waals surface area contributed by atoms with Crippen LogP contribution in [0.3, 0.4) is 0 Å². The van der Waals surface area contributed by atoms with Crippen LogP contribution >= 0.6 is 0 Å². The molecule has 5 heteroatoms. The molecule has 0 saturated carbocycles. The number of aromatic nitrogens is 1. The third-order valence-electron chi connectivity index (χ3n) is 3.96. The summed E-state index contributed by atoms with van der Waals surface area (Å²) >= 11 is 0. The Morgan fingerprint density at radius 2 is 2.26 bits per heavy atom. The van der Waals surface area contributed by atoms with Gasteiger partial charge in [-0.25, -0.2) is 0 Å². The van der Waals surface area contributed by atoms with Gasteiger partial charge in [-0.3, -0.25) is 9.78 Å². The normalized spacial score (nSPS) is 25.4. The lowest BCUT2D eigenvalue weighted by atomic mass is 9.88. The Balaban J connectivity index is 1.58. The summed E-state index contributed by atoms with van der Waals surface area (Å²) in [6, 6.07) is 5.46. The van der Waals surface area contributed by atoms with Crippen LogP contribution in [-0.4, -0.2) is 42.2 Å². The van der Waals surface area contributed by atoms with E-state index in [9.17, 15) is 4.79 Å². The van der Waals surface area contributed by atoms with E-state index in [-0.39, 0.29) is 17.6 Å². The minimum Gasteiger partial charge on any atom is -0.373 e. The quantitative estimate of drug-likeness (QED) is 0.823. The number of rotatable bonds is 2. The second-order valence-corrected chi connectivity index (χ2v) is 5.33. The Labute approximate surface area is 112 Å². The number of pyridine rings is 1. The summed E-state index contributed by atoms with van der Waals surface area (Å²) in [6.45, 7) is 2.61. The fourth-order valence-corrected chi connectivity index (χ4v) is 2.92. The monoisotopic (exact) mass is 261 g/mol. The lowest BCUT2D eigenvalue weighted by Gasteiger charge is -2.32. The van der Waals surface area contributed by atoms with Gasteiger partial charge in [0.1, 0.15) is 5.69 Å². The first-order valence-corrected chi connectivity index (χ1v) is 6.84. The lowest BCUT2D eigenvalue weighted by molar-refractivity contribution is -0.0194. The van der Waals surface area contributed by atoms with Gasteiger partial charge in [0, 0.05) is 6.20 Å². The summed E-state index contributed by atoms with van der Waals surface area (Å²) in [7, 11) is 0. The van der Waals surface area contributed by atoms with Crippen LogP contribution in [0.25, 0.3) is 0 Å². The summed E-state index contributed by atoms with van der Waals surface area (Å²) in [5.74, 6) is -0.111. The van der Waals surface area contributed by atoms with Crippen molar-refractivity contribution in [2.75, 3.05) is 19.7 Å². The molecule has 19 heavy (non-hydrogen) atoms. The molecule has 0 aromatic carbocycles. The number of ether oxygens (including phenoxy) is 1. The molecule has 3 rings (SSSR count). The van der Waals surface area contributed by atoms with E-state index in [1.807, 2.05) is 6.07 Å². The largest absolute Gasteiger partial charge is 0.373 e. The third-order valence-corrected chi connectivity index (χ3v) is 3.96. The first-order chi connectivity index (χ1) is 9.27. The smallest absolute Gasteiger partial charge is 0.270 e. The van der Waals surface area contributed by atoms with Gasteiger partial charge in [-0.2, -0.15) is 0 Å². The van der Waals surface area contributed by atoms with Crippen molar-refractivity contribution in [3.63, 3.8) is 0 Å². The van der Waals surface area contributed by atoms with Crippen molar-refractivity contribution in [1.29, 1.82) is 0 Å². The third kappa shape index (κ3) is 2.77. The minimum atomic E-state index is -0.111. The van der Waals surface area contributed by atoms with Crippen LogP contribution in [0.5, 0.6) is 0 Å². The minimum absolute atomic E-state index is 0.0205. The maximum Gasteiger partial charge on any atom is 0.270 e. The van der Waals surface area contributed by atoms with E-state index < -0.39 is 0 Å². The Bertz CT molecular complexity index is 443. The molecule has 2 fully saturated rings. The Kier molecular flexibility index (Phi) is 3.48. The van der Waals surface area contributed by atoms with Gasteiger partial charge < -0.3 is 15.4 Å². The maximum absolute atomic E-state index is 12.0. The number of nitrogens with zero attached hydrogens (tertiary/aromatic N) is 1. The Hall–Kier alpha value is -1.46. The van der Waals surface area contributed by atoms with Crippen molar-refractivity contribution in [3.8, 4) is 0 Å². The first-order valence-electron chi connectivity index (χ1n) is 6.84. The summed E-state index contributed by atoms with van der Waals surface area (Å²) in [6.07, 6.45) is 4.60. The van der Waals surface area contributed by atoms with E-state index in [1.54, 1.807) is 18.3 Å². The van der Waals surface area contributed by atoms with Gasteiger partial charge in [0.25, 0.3) is 5.91 Å². The number of carbonyl (C=O) groups is 1. The second kappa shape index (κ2) is 5.27. The van der Waals surface area contributed by atoms with Crippen molar-refractivity contribution >= 4 is 5.91 Å². The lowest BCUT2D eigenvalue weighted by Crippen LogP contribution is -2.43. The highest BCUT2D eigenvalue weighted by atomic mass is 16.5. The number of hydrogen-bond acceptors (Lipinski definition) is 4. The summed E-state index contributed by atoms with van der Waals surface area (Å²) in [4.78, 5) is 16.1. The van der Waals surface area contributed by atoms with Crippen LogP contribution in [-0.2, 0) is 4.74 Å². The summed E-state index contributed by atoms with van der Waals surface area (Å²) in [5, 5.41) is 6.36. The molecule has 0 radical (unpaired) electrons. The van der Waals surface area contributed by atoms with E-state index in [2.05, 4.69) is 15.6 Å². The van der Waals surface area contributed by atoms with Gasteiger partial charge in [-0.15, -0.1) is 0 Å². The molecule has 1 aromatic rings. The maximum atomic E-state index is 12.0. The van der Waals surface area contributed by atoms with E-state index in [0.29, 0.717) is 12.3 Å². The van der Waals surface area contributed by atoms with Crippen molar-refractivity contribution in [3.05, 3.63) is 30.1 Å². The molecule has 0 aliphatic carbocycles. The van der Waals surface area contributed by atoms with E-state index in [0.717, 1.165) is 32.4 Å². The molecule has 1 unspecified atom stereocenters. The molecule has 2 aliphatic rings. The standard InChI is InChI=1S/C14H19N3O2/c18-13(12-3-1-2-6-16-12)17-11-9-14(19-10-11)4-7-15-8-5-14/h1-3,6,11,15H,4-5,7-10H2,(H,17,18).